The Labute approximate surface area is 135 Å². The molecule has 3 rings (SSSR count). The van der Waals surface area contributed by atoms with Gasteiger partial charge in [-0.05, 0) is 54.5 Å². The fourth-order valence-corrected chi connectivity index (χ4v) is 3.77. The molecule has 0 aromatic heterocycles. The molecule has 0 spiro atoms. The third kappa shape index (κ3) is 3.22. The molecule has 1 aliphatic carbocycles. The van der Waals surface area contributed by atoms with E-state index in [0.717, 1.165) is 4.47 Å². The van der Waals surface area contributed by atoms with Crippen molar-refractivity contribution in [2.24, 2.45) is 0 Å². The van der Waals surface area contributed by atoms with Crippen molar-refractivity contribution in [3.8, 4) is 0 Å². The Morgan fingerprint density at radius 3 is 2.57 bits per heavy atom. The van der Waals surface area contributed by atoms with Crippen molar-refractivity contribution >= 4 is 15.9 Å². The van der Waals surface area contributed by atoms with Gasteiger partial charge in [-0.3, -0.25) is 0 Å². The fraction of sp³-hybridized carbons (Fsp3) is 0.368. The van der Waals surface area contributed by atoms with Gasteiger partial charge in [0.2, 0.25) is 0 Å². The molecule has 0 saturated carbocycles. The van der Waals surface area contributed by atoms with E-state index in [-0.39, 0.29) is 0 Å². The molecule has 0 heterocycles. The molecule has 2 aromatic rings. The van der Waals surface area contributed by atoms with Crippen molar-refractivity contribution in [1.82, 2.24) is 5.32 Å². The topological polar surface area (TPSA) is 12.0 Å². The molecule has 0 amide bonds. The second kappa shape index (κ2) is 6.33. The van der Waals surface area contributed by atoms with Crippen molar-refractivity contribution in [2.45, 2.75) is 44.7 Å². The molecule has 21 heavy (non-hydrogen) atoms. The lowest BCUT2D eigenvalue weighted by Crippen LogP contribution is -2.28. The summed E-state index contributed by atoms with van der Waals surface area (Å²) >= 11 is 3.56. The highest BCUT2D eigenvalue weighted by molar-refractivity contribution is 9.10. The molecule has 0 saturated heterocycles. The summed E-state index contributed by atoms with van der Waals surface area (Å²) in [6.45, 7) is 4.59. The summed E-state index contributed by atoms with van der Waals surface area (Å²) in [5.74, 6) is 0.681. The van der Waals surface area contributed by atoms with E-state index >= 15 is 0 Å². The molecule has 2 aromatic carbocycles. The Balaban J connectivity index is 1.81. The second-order valence-electron chi connectivity index (χ2n) is 6.10. The van der Waals surface area contributed by atoms with Gasteiger partial charge in [-0.15, -0.1) is 0 Å². The predicted molar refractivity (Wildman–Crippen MR) is 92.5 cm³/mol. The zero-order valence-corrected chi connectivity index (χ0v) is 14.2. The normalized spacial score (nSPS) is 22.6. The van der Waals surface area contributed by atoms with E-state index in [1.54, 1.807) is 0 Å². The highest BCUT2D eigenvalue weighted by Crippen LogP contribution is 2.38. The number of hydrogen-bond acceptors (Lipinski definition) is 1. The van der Waals surface area contributed by atoms with Crippen molar-refractivity contribution in [2.75, 3.05) is 0 Å². The van der Waals surface area contributed by atoms with E-state index < -0.39 is 0 Å². The van der Waals surface area contributed by atoms with Crippen LogP contribution in [-0.2, 0) is 0 Å². The van der Waals surface area contributed by atoms with Gasteiger partial charge >= 0.3 is 0 Å². The molecule has 0 aliphatic heterocycles. The quantitative estimate of drug-likeness (QED) is 0.749. The largest absolute Gasteiger partial charge is 0.303 e. The van der Waals surface area contributed by atoms with Crippen LogP contribution < -0.4 is 5.32 Å². The maximum absolute atomic E-state index is 3.82. The SMILES string of the molecule is CC1CCC(N[C@H](C)c2cccc(Br)c2)c2ccccc21. The zero-order chi connectivity index (χ0) is 14.8. The number of fused-ring (bicyclic) bond motifs is 1. The van der Waals surface area contributed by atoms with Gasteiger partial charge in [0.25, 0.3) is 0 Å². The molecule has 2 unspecified atom stereocenters. The Bertz CT molecular complexity index is 622. The summed E-state index contributed by atoms with van der Waals surface area (Å²) < 4.78 is 1.14. The maximum atomic E-state index is 3.82. The van der Waals surface area contributed by atoms with Gasteiger partial charge in [0.15, 0.2) is 0 Å². The molecule has 0 fully saturated rings. The standard InChI is InChI=1S/C19H22BrN/c1-13-10-11-19(18-9-4-3-8-17(13)18)21-14(2)15-6-5-7-16(20)12-15/h3-9,12-14,19,21H,10-11H2,1-2H3/t13?,14-,19?/m1/s1. The van der Waals surface area contributed by atoms with Gasteiger partial charge < -0.3 is 5.32 Å². The van der Waals surface area contributed by atoms with E-state index in [0.29, 0.717) is 18.0 Å². The van der Waals surface area contributed by atoms with E-state index in [1.165, 1.54) is 29.5 Å². The van der Waals surface area contributed by atoms with Crippen LogP contribution in [0.2, 0.25) is 0 Å². The van der Waals surface area contributed by atoms with Gasteiger partial charge in [-0.25, -0.2) is 0 Å². The first-order valence-corrected chi connectivity index (χ1v) is 8.55. The van der Waals surface area contributed by atoms with Crippen LogP contribution in [0, 0.1) is 0 Å². The molecule has 0 radical (unpaired) electrons. The van der Waals surface area contributed by atoms with Crippen LogP contribution in [-0.4, -0.2) is 0 Å². The van der Waals surface area contributed by atoms with Crippen LogP contribution in [0.1, 0.15) is 61.4 Å². The van der Waals surface area contributed by atoms with Crippen molar-refractivity contribution in [3.63, 3.8) is 0 Å². The van der Waals surface area contributed by atoms with Crippen LogP contribution in [0.5, 0.6) is 0 Å². The Morgan fingerprint density at radius 2 is 1.81 bits per heavy atom. The molecule has 3 atom stereocenters. The summed E-state index contributed by atoms with van der Waals surface area (Å²) in [5.41, 5.74) is 4.33. The molecular weight excluding hydrogens is 322 g/mol. The first kappa shape index (κ1) is 14.8. The van der Waals surface area contributed by atoms with Crippen LogP contribution in [0.25, 0.3) is 0 Å². The maximum Gasteiger partial charge on any atom is 0.0328 e. The monoisotopic (exact) mass is 343 g/mol. The molecule has 2 heteroatoms. The summed E-state index contributed by atoms with van der Waals surface area (Å²) in [5, 5.41) is 3.82. The number of nitrogens with one attached hydrogen (secondary N) is 1. The minimum Gasteiger partial charge on any atom is -0.303 e. The third-order valence-corrected chi connectivity index (χ3v) is 5.08. The number of benzene rings is 2. The van der Waals surface area contributed by atoms with Gasteiger partial charge in [-0.2, -0.15) is 0 Å². The molecule has 1 N–H and O–H groups in total. The lowest BCUT2D eigenvalue weighted by molar-refractivity contribution is 0.396. The predicted octanol–water partition coefficient (Wildman–Crippen LogP) is 5.74. The van der Waals surface area contributed by atoms with E-state index in [4.69, 9.17) is 0 Å². The highest BCUT2D eigenvalue weighted by atomic mass is 79.9. The van der Waals surface area contributed by atoms with Crippen LogP contribution in [0.4, 0.5) is 0 Å². The summed E-state index contributed by atoms with van der Waals surface area (Å²) in [6, 6.07) is 18.3. The number of rotatable bonds is 3. The van der Waals surface area contributed by atoms with Gasteiger partial charge in [-0.1, -0.05) is 59.3 Å². The van der Waals surface area contributed by atoms with Crippen molar-refractivity contribution in [3.05, 3.63) is 69.7 Å². The number of halogens is 1. The second-order valence-corrected chi connectivity index (χ2v) is 7.02. The minimum atomic E-state index is 0.356. The lowest BCUT2D eigenvalue weighted by Gasteiger charge is -2.32. The first-order chi connectivity index (χ1) is 10.1. The van der Waals surface area contributed by atoms with E-state index in [2.05, 4.69) is 83.6 Å². The summed E-state index contributed by atoms with van der Waals surface area (Å²) in [7, 11) is 0. The van der Waals surface area contributed by atoms with Crippen LogP contribution in [0.3, 0.4) is 0 Å². The van der Waals surface area contributed by atoms with Crippen LogP contribution >= 0.6 is 15.9 Å². The van der Waals surface area contributed by atoms with Gasteiger partial charge in [0.1, 0.15) is 0 Å². The smallest absolute Gasteiger partial charge is 0.0328 e. The fourth-order valence-electron chi connectivity index (χ4n) is 3.35. The average Bonchev–Trinajstić information content (AvgIpc) is 2.50. The van der Waals surface area contributed by atoms with E-state index in [1.807, 2.05) is 0 Å². The lowest BCUT2D eigenvalue weighted by atomic mass is 9.81. The van der Waals surface area contributed by atoms with Crippen molar-refractivity contribution < 1.29 is 0 Å². The first-order valence-electron chi connectivity index (χ1n) is 7.75. The van der Waals surface area contributed by atoms with Crippen LogP contribution in [0.15, 0.2) is 53.0 Å². The number of hydrogen-bond donors (Lipinski definition) is 1. The summed E-state index contributed by atoms with van der Waals surface area (Å²) in [6.07, 6.45) is 2.48. The van der Waals surface area contributed by atoms with Crippen molar-refractivity contribution in [1.29, 1.82) is 0 Å². The average molecular weight is 344 g/mol. The minimum absolute atomic E-state index is 0.356. The molecule has 1 nitrogen and oxygen atoms in total. The molecule has 110 valence electrons. The molecule has 1 aliphatic rings. The molecular formula is C19H22BrN. The third-order valence-electron chi connectivity index (χ3n) is 4.59. The highest BCUT2D eigenvalue weighted by Gasteiger charge is 2.25. The van der Waals surface area contributed by atoms with E-state index in [9.17, 15) is 0 Å². The Hall–Kier alpha value is -1.12. The van der Waals surface area contributed by atoms with Gasteiger partial charge in [0, 0.05) is 16.6 Å². The van der Waals surface area contributed by atoms with Gasteiger partial charge in [0.05, 0.1) is 0 Å². The Morgan fingerprint density at radius 1 is 1.05 bits per heavy atom. The Kier molecular flexibility index (Phi) is 4.46. The summed E-state index contributed by atoms with van der Waals surface area (Å²) in [4.78, 5) is 0. The molecule has 0 bridgehead atoms. The zero-order valence-electron chi connectivity index (χ0n) is 12.6.